The fourth-order valence-corrected chi connectivity index (χ4v) is 4.09. The Balaban J connectivity index is 1.61. The number of nitrogens with zero attached hydrogens (tertiary/aromatic N) is 2. The van der Waals surface area contributed by atoms with E-state index in [2.05, 4.69) is 27.6 Å². The minimum absolute atomic E-state index is 0.0646. The summed E-state index contributed by atoms with van der Waals surface area (Å²) in [5, 5.41) is 9.83. The van der Waals surface area contributed by atoms with E-state index in [1.165, 1.54) is 11.3 Å². The van der Waals surface area contributed by atoms with Crippen LogP contribution in [0.4, 0.5) is 4.39 Å². The Morgan fingerprint density at radius 2 is 2.00 bits per heavy atom. The maximum Gasteiger partial charge on any atom is 0.164 e. The summed E-state index contributed by atoms with van der Waals surface area (Å²) in [7, 11) is 0. The molecule has 0 aliphatic carbocycles. The van der Waals surface area contributed by atoms with Gasteiger partial charge in [0.05, 0.1) is 11.6 Å². The molecule has 0 radical (unpaired) electrons. The zero-order valence-electron chi connectivity index (χ0n) is 12.7. The molecule has 1 N–H and O–H groups in total. The van der Waals surface area contributed by atoms with Gasteiger partial charge < -0.3 is 10.2 Å². The van der Waals surface area contributed by atoms with Crippen molar-refractivity contribution in [2.75, 3.05) is 19.7 Å². The topological polar surface area (TPSA) is 46.5 Å². The van der Waals surface area contributed by atoms with Gasteiger partial charge in [-0.25, -0.2) is 9.37 Å². The molecule has 4 rings (SSSR count). The van der Waals surface area contributed by atoms with Gasteiger partial charge >= 0.3 is 0 Å². The van der Waals surface area contributed by atoms with Crippen LogP contribution in [0.15, 0.2) is 40.9 Å². The van der Waals surface area contributed by atoms with Crippen molar-refractivity contribution in [1.82, 2.24) is 10.3 Å². The lowest BCUT2D eigenvalue weighted by Crippen LogP contribution is -2.36. The molecule has 23 heavy (non-hydrogen) atoms. The van der Waals surface area contributed by atoms with Crippen LogP contribution in [-0.4, -0.2) is 30.4 Å². The molecule has 4 nitrogen and oxygen atoms in total. The molecule has 120 valence electrons. The van der Waals surface area contributed by atoms with Crippen LogP contribution in [0.25, 0.3) is 0 Å². The number of oxime groups is 1. The van der Waals surface area contributed by atoms with Crippen LogP contribution >= 0.6 is 11.3 Å². The van der Waals surface area contributed by atoms with Gasteiger partial charge in [0.25, 0.3) is 0 Å². The summed E-state index contributed by atoms with van der Waals surface area (Å²) in [6.45, 7) is 1.90. The predicted octanol–water partition coefficient (Wildman–Crippen LogP) is 3.21. The Bertz CT molecular complexity index is 710. The summed E-state index contributed by atoms with van der Waals surface area (Å²) in [5.74, 6) is 0.0646. The zero-order chi connectivity index (χ0) is 15.7. The monoisotopic (exact) mass is 331 g/mol. The quantitative estimate of drug-likeness (QED) is 0.939. The highest BCUT2D eigenvalue weighted by Gasteiger charge is 2.38. The number of aromatic nitrogens is 1. The van der Waals surface area contributed by atoms with E-state index in [4.69, 9.17) is 4.84 Å². The molecule has 1 fully saturated rings. The largest absolute Gasteiger partial charge is 0.394 e. The predicted molar refractivity (Wildman–Crippen MR) is 88.7 cm³/mol. The summed E-state index contributed by atoms with van der Waals surface area (Å²) in [6.07, 6.45) is 0.954. The SMILES string of the molecule is FC1(c2nc(C3=NOCC3c3ccccc3)cs2)CCNCC1. The van der Waals surface area contributed by atoms with Crippen molar-refractivity contribution in [3.8, 4) is 0 Å². The molecule has 0 spiro atoms. The first kappa shape index (κ1) is 14.8. The van der Waals surface area contributed by atoms with Crippen molar-refractivity contribution in [2.24, 2.45) is 5.16 Å². The van der Waals surface area contributed by atoms with Crippen LogP contribution in [-0.2, 0) is 10.5 Å². The van der Waals surface area contributed by atoms with Gasteiger partial charge in [-0.05, 0) is 18.7 Å². The maximum atomic E-state index is 15.1. The number of alkyl halides is 1. The smallest absolute Gasteiger partial charge is 0.164 e. The lowest BCUT2D eigenvalue weighted by Gasteiger charge is -2.27. The highest BCUT2D eigenvalue weighted by molar-refractivity contribution is 7.10. The van der Waals surface area contributed by atoms with Crippen molar-refractivity contribution in [1.29, 1.82) is 0 Å². The molecule has 6 heteroatoms. The molecule has 2 aromatic rings. The third kappa shape index (κ3) is 2.77. The van der Waals surface area contributed by atoms with Crippen LogP contribution in [0, 0.1) is 0 Å². The summed E-state index contributed by atoms with van der Waals surface area (Å²) in [6, 6.07) is 10.1. The number of halogens is 1. The van der Waals surface area contributed by atoms with Gasteiger partial charge in [0.15, 0.2) is 5.67 Å². The van der Waals surface area contributed by atoms with E-state index in [0.29, 0.717) is 37.5 Å². The lowest BCUT2D eigenvalue weighted by molar-refractivity contribution is 0.115. The average molecular weight is 331 g/mol. The van der Waals surface area contributed by atoms with Crippen molar-refractivity contribution >= 4 is 17.0 Å². The van der Waals surface area contributed by atoms with Gasteiger partial charge in [-0.3, -0.25) is 0 Å². The standard InChI is InChI=1S/C17H18FN3OS/c18-17(6-8-19-9-7-17)16-20-14(11-23-16)15-13(10-22-21-15)12-4-2-1-3-5-12/h1-5,11,13,19H,6-10H2. The molecular weight excluding hydrogens is 313 g/mol. The molecule has 0 saturated carbocycles. The second-order valence-electron chi connectivity index (χ2n) is 5.99. The first-order chi connectivity index (χ1) is 11.3. The Hall–Kier alpha value is -1.79. The van der Waals surface area contributed by atoms with Gasteiger partial charge in [0, 0.05) is 18.2 Å². The van der Waals surface area contributed by atoms with E-state index in [9.17, 15) is 0 Å². The van der Waals surface area contributed by atoms with E-state index in [1.54, 1.807) is 0 Å². The number of hydrogen-bond acceptors (Lipinski definition) is 5. The van der Waals surface area contributed by atoms with Gasteiger partial charge in [-0.15, -0.1) is 11.3 Å². The fraction of sp³-hybridized carbons (Fsp3) is 0.412. The molecule has 1 unspecified atom stereocenters. The van der Waals surface area contributed by atoms with Crippen molar-refractivity contribution in [3.05, 3.63) is 52.0 Å². The lowest BCUT2D eigenvalue weighted by atomic mass is 9.93. The molecule has 1 atom stereocenters. The Morgan fingerprint density at radius 1 is 1.22 bits per heavy atom. The molecule has 1 aromatic carbocycles. The third-order valence-corrected chi connectivity index (χ3v) is 5.50. The molecule has 2 aliphatic rings. The number of hydrogen-bond donors (Lipinski definition) is 1. The number of thiazole rings is 1. The average Bonchev–Trinajstić information content (AvgIpc) is 3.26. The second-order valence-corrected chi connectivity index (χ2v) is 6.85. The first-order valence-electron chi connectivity index (χ1n) is 7.87. The summed E-state index contributed by atoms with van der Waals surface area (Å²) >= 11 is 1.39. The van der Waals surface area contributed by atoms with E-state index < -0.39 is 5.67 Å². The van der Waals surface area contributed by atoms with E-state index in [1.807, 2.05) is 23.6 Å². The van der Waals surface area contributed by atoms with Crippen molar-refractivity contribution in [3.63, 3.8) is 0 Å². The van der Waals surface area contributed by atoms with Crippen LogP contribution < -0.4 is 5.32 Å². The third-order valence-electron chi connectivity index (χ3n) is 4.48. The van der Waals surface area contributed by atoms with Gasteiger partial charge in [-0.1, -0.05) is 35.5 Å². The van der Waals surface area contributed by atoms with Crippen LogP contribution in [0.5, 0.6) is 0 Å². The summed E-state index contributed by atoms with van der Waals surface area (Å²) in [5.41, 5.74) is 1.38. The van der Waals surface area contributed by atoms with Crippen molar-refractivity contribution in [2.45, 2.75) is 24.4 Å². The second kappa shape index (κ2) is 6.02. The van der Waals surface area contributed by atoms with Gasteiger partial charge in [0.1, 0.15) is 17.3 Å². The minimum Gasteiger partial charge on any atom is -0.394 e. The van der Waals surface area contributed by atoms with Crippen LogP contribution in [0.2, 0.25) is 0 Å². The Kier molecular flexibility index (Phi) is 3.87. The van der Waals surface area contributed by atoms with Crippen molar-refractivity contribution < 1.29 is 9.23 Å². The van der Waals surface area contributed by atoms with E-state index in [-0.39, 0.29) is 5.92 Å². The molecule has 0 amide bonds. The Morgan fingerprint density at radius 3 is 2.78 bits per heavy atom. The summed E-state index contributed by atoms with van der Waals surface area (Å²) < 4.78 is 15.1. The highest BCUT2D eigenvalue weighted by atomic mass is 32.1. The number of rotatable bonds is 3. The minimum atomic E-state index is -1.31. The van der Waals surface area contributed by atoms with Gasteiger partial charge in [0.2, 0.25) is 0 Å². The number of benzene rings is 1. The molecular formula is C17H18FN3OS. The first-order valence-corrected chi connectivity index (χ1v) is 8.75. The molecule has 1 aromatic heterocycles. The van der Waals surface area contributed by atoms with Gasteiger partial charge in [-0.2, -0.15) is 0 Å². The fourth-order valence-electron chi connectivity index (χ4n) is 3.12. The van der Waals surface area contributed by atoms with Crippen LogP contribution in [0.3, 0.4) is 0 Å². The number of piperidine rings is 1. The van der Waals surface area contributed by atoms with E-state index in [0.717, 1.165) is 17.0 Å². The summed E-state index contributed by atoms with van der Waals surface area (Å²) in [4.78, 5) is 9.88. The maximum absolute atomic E-state index is 15.1. The Labute approximate surface area is 138 Å². The van der Waals surface area contributed by atoms with E-state index >= 15 is 4.39 Å². The molecule has 0 bridgehead atoms. The molecule has 2 aliphatic heterocycles. The number of nitrogens with one attached hydrogen (secondary N) is 1. The molecule has 3 heterocycles. The molecule has 1 saturated heterocycles. The zero-order valence-corrected chi connectivity index (χ0v) is 13.5. The normalized spacial score (nSPS) is 23.3. The highest BCUT2D eigenvalue weighted by Crippen LogP contribution is 2.38. The van der Waals surface area contributed by atoms with Crippen LogP contribution in [0.1, 0.15) is 35.0 Å².